The number of methoxy groups -OCH3 is 1. The quantitative estimate of drug-likeness (QED) is 0.812. The van der Waals surface area contributed by atoms with Crippen LogP contribution in [0, 0.1) is 6.92 Å². The summed E-state index contributed by atoms with van der Waals surface area (Å²) < 4.78 is 5.16. The van der Waals surface area contributed by atoms with E-state index < -0.39 is 6.10 Å². The van der Waals surface area contributed by atoms with Crippen LogP contribution in [0.3, 0.4) is 0 Å². The van der Waals surface area contributed by atoms with Crippen molar-refractivity contribution >= 4 is 5.91 Å². The van der Waals surface area contributed by atoms with Gasteiger partial charge in [0, 0.05) is 13.0 Å². The van der Waals surface area contributed by atoms with E-state index >= 15 is 0 Å². The Bertz CT molecular complexity index is 404. The summed E-state index contributed by atoms with van der Waals surface area (Å²) in [5.41, 5.74) is 1.75. The van der Waals surface area contributed by atoms with Crippen molar-refractivity contribution in [2.45, 2.75) is 32.8 Å². The van der Waals surface area contributed by atoms with E-state index in [-0.39, 0.29) is 12.5 Å². The van der Waals surface area contributed by atoms with E-state index in [4.69, 9.17) is 4.74 Å². The third-order valence-corrected chi connectivity index (χ3v) is 2.77. The lowest BCUT2D eigenvalue weighted by molar-refractivity contribution is -0.121. The summed E-state index contributed by atoms with van der Waals surface area (Å²) >= 11 is 0. The van der Waals surface area contributed by atoms with Gasteiger partial charge < -0.3 is 15.2 Å². The second kappa shape index (κ2) is 7.01. The molecule has 2 N–H and O–H groups in total. The van der Waals surface area contributed by atoms with Crippen LogP contribution < -0.4 is 10.1 Å². The molecule has 0 aliphatic rings. The summed E-state index contributed by atoms with van der Waals surface area (Å²) in [7, 11) is 1.61. The third kappa shape index (κ3) is 4.04. The molecule has 0 saturated heterocycles. The smallest absolute Gasteiger partial charge is 0.220 e. The van der Waals surface area contributed by atoms with Crippen LogP contribution in [0.15, 0.2) is 18.2 Å². The minimum Gasteiger partial charge on any atom is -0.496 e. The molecule has 0 fully saturated rings. The van der Waals surface area contributed by atoms with Gasteiger partial charge in [0.2, 0.25) is 5.91 Å². The Morgan fingerprint density at radius 1 is 1.50 bits per heavy atom. The molecule has 1 rings (SSSR count). The lowest BCUT2D eigenvalue weighted by atomic mass is 10.1. The summed E-state index contributed by atoms with van der Waals surface area (Å²) in [6.07, 6.45) is 0.619. The SMILES string of the molecule is CCCC(=O)NCC(O)c1ccc(OC)c(C)c1. The molecular weight excluding hydrogens is 230 g/mol. The highest BCUT2D eigenvalue weighted by atomic mass is 16.5. The molecule has 0 saturated carbocycles. The van der Waals surface area contributed by atoms with Gasteiger partial charge >= 0.3 is 0 Å². The molecule has 0 bridgehead atoms. The van der Waals surface area contributed by atoms with E-state index in [1.807, 2.05) is 32.0 Å². The molecule has 100 valence electrons. The van der Waals surface area contributed by atoms with Crippen molar-refractivity contribution in [3.05, 3.63) is 29.3 Å². The average molecular weight is 251 g/mol. The van der Waals surface area contributed by atoms with Crippen molar-refractivity contribution in [2.24, 2.45) is 0 Å². The molecule has 18 heavy (non-hydrogen) atoms. The molecule has 0 aliphatic carbocycles. The summed E-state index contributed by atoms with van der Waals surface area (Å²) in [6.45, 7) is 4.11. The summed E-state index contributed by atoms with van der Waals surface area (Å²) in [5, 5.41) is 12.7. The van der Waals surface area contributed by atoms with Crippen LogP contribution in [0.25, 0.3) is 0 Å². The normalized spacial score (nSPS) is 12.0. The van der Waals surface area contributed by atoms with Gasteiger partial charge in [0.15, 0.2) is 0 Å². The van der Waals surface area contributed by atoms with E-state index in [1.165, 1.54) is 0 Å². The number of amides is 1. The van der Waals surface area contributed by atoms with Crippen molar-refractivity contribution in [3.8, 4) is 5.75 Å². The minimum absolute atomic E-state index is 0.0261. The fourth-order valence-corrected chi connectivity index (χ4v) is 1.75. The molecule has 0 aliphatic heterocycles. The highest BCUT2D eigenvalue weighted by Crippen LogP contribution is 2.22. The number of aliphatic hydroxyl groups excluding tert-OH is 1. The molecule has 0 heterocycles. The first-order valence-corrected chi connectivity index (χ1v) is 6.17. The second-order valence-corrected chi connectivity index (χ2v) is 4.30. The molecule has 4 nitrogen and oxygen atoms in total. The first-order chi connectivity index (χ1) is 8.58. The first kappa shape index (κ1) is 14.5. The van der Waals surface area contributed by atoms with Crippen LogP contribution in [0.5, 0.6) is 5.75 Å². The van der Waals surface area contributed by atoms with E-state index in [0.29, 0.717) is 6.42 Å². The van der Waals surface area contributed by atoms with Crippen molar-refractivity contribution in [2.75, 3.05) is 13.7 Å². The maximum atomic E-state index is 11.3. The largest absolute Gasteiger partial charge is 0.496 e. The monoisotopic (exact) mass is 251 g/mol. The maximum Gasteiger partial charge on any atom is 0.220 e. The Labute approximate surface area is 108 Å². The van der Waals surface area contributed by atoms with E-state index in [0.717, 1.165) is 23.3 Å². The minimum atomic E-state index is -0.685. The van der Waals surface area contributed by atoms with Gasteiger partial charge in [-0.3, -0.25) is 4.79 Å². The number of carbonyl (C=O) groups excluding carboxylic acids is 1. The summed E-state index contributed by atoms with van der Waals surface area (Å²) in [5.74, 6) is 0.766. The molecule has 0 radical (unpaired) electrons. The molecule has 0 spiro atoms. The standard InChI is InChI=1S/C14H21NO3/c1-4-5-14(17)15-9-12(16)11-6-7-13(18-3)10(2)8-11/h6-8,12,16H,4-5,9H2,1-3H3,(H,15,17). The Kier molecular flexibility index (Phi) is 5.65. The van der Waals surface area contributed by atoms with Crippen molar-refractivity contribution in [1.29, 1.82) is 0 Å². The third-order valence-electron chi connectivity index (χ3n) is 2.77. The number of hydrogen-bond donors (Lipinski definition) is 2. The number of rotatable bonds is 6. The van der Waals surface area contributed by atoms with Crippen LogP contribution in [-0.4, -0.2) is 24.7 Å². The number of nitrogens with one attached hydrogen (secondary N) is 1. The molecule has 1 aromatic rings. The number of hydrogen-bond acceptors (Lipinski definition) is 3. The number of ether oxygens (including phenoxy) is 1. The van der Waals surface area contributed by atoms with Gasteiger partial charge in [-0.1, -0.05) is 13.0 Å². The molecule has 4 heteroatoms. The molecule has 1 atom stereocenters. The second-order valence-electron chi connectivity index (χ2n) is 4.30. The van der Waals surface area contributed by atoms with Crippen LogP contribution in [0.4, 0.5) is 0 Å². The molecule has 1 unspecified atom stereocenters. The van der Waals surface area contributed by atoms with Crippen molar-refractivity contribution in [1.82, 2.24) is 5.32 Å². The number of aryl methyl sites for hydroxylation is 1. The Morgan fingerprint density at radius 3 is 2.78 bits per heavy atom. The van der Waals surface area contributed by atoms with E-state index in [2.05, 4.69) is 5.32 Å². The average Bonchev–Trinajstić information content (AvgIpc) is 2.36. The zero-order valence-electron chi connectivity index (χ0n) is 11.2. The van der Waals surface area contributed by atoms with Gasteiger partial charge in [0.05, 0.1) is 13.2 Å². The van der Waals surface area contributed by atoms with Crippen molar-refractivity contribution in [3.63, 3.8) is 0 Å². The van der Waals surface area contributed by atoms with E-state index in [9.17, 15) is 9.90 Å². The lowest BCUT2D eigenvalue weighted by Crippen LogP contribution is -2.27. The predicted molar refractivity (Wildman–Crippen MR) is 70.6 cm³/mol. The summed E-state index contributed by atoms with van der Waals surface area (Å²) in [6, 6.07) is 5.50. The zero-order chi connectivity index (χ0) is 13.5. The van der Waals surface area contributed by atoms with Crippen LogP contribution in [-0.2, 0) is 4.79 Å². The molecular formula is C14H21NO3. The Balaban J connectivity index is 2.58. The fourth-order valence-electron chi connectivity index (χ4n) is 1.75. The molecule has 1 amide bonds. The highest BCUT2D eigenvalue weighted by Gasteiger charge is 2.10. The first-order valence-electron chi connectivity index (χ1n) is 6.17. The highest BCUT2D eigenvalue weighted by molar-refractivity contribution is 5.75. The van der Waals surface area contributed by atoms with Crippen LogP contribution in [0.2, 0.25) is 0 Å². The van der Waals surface area contributed by atoms with Crippen molar-refractivity contribution < 1.29 is 14.6 Å². The number of carbonyl (C=O) groups is 1. The molecule has 1 aromatic carbocycles. The lowest BCUT2D eigenvalue weighted by Gasteiger charge is -2.14. The molecule has 0 aromatic heterocycles. The van der Waals surface area contributed by atoms with Gasteiger partial charge in [-0.2, -0.15) is 0 Å². The predicted octanol–water partition coefficient (Wildman–Crippen LogP) is 1.95. The Morgan fingerprint density at radius 2 is 2.22 bits per heavy atom. The van der Waals surface area contributed by atoms with E-state index in [1.54, 1.807) is 7.11 Å². The number of aliphatic hydroxyl groups is 1. The topological polar surface area (TPSA) is 58.6 Å². The van der Waals surface area contributed by atoms with Gasteiger partial charge in [0.25, 0.3) is 0 Å². The number of benzene rings is 1. The maximum absolute atomic E-state index is 11.3. The van der Waals surface area contributed by atoms with Gasteiger partial charge in [-0.25, -0.2) is 0 Å². The van der Waals surface area contributed by atoms with Gasteiger partial charge in [-0.05, 0) is 36.6 Å². The zero-order valence-corrected chi connectivity index (χ0v) is 11.2. The van der Waals surface area contributed by atoms with Crippen LogP contribution >= 0.6 is 0 Å². The Hall–Kier alpha value is -1.55. The van der Waals surface area contributed by atoms with Gasteiger partial charge in [0.1, 0.15) is 5.75 Å². The summed E-state index contributed by atoms with van der Waals surface area (Å²) in [4.78, 5) is 11.3. The fraction of sp³-hybridized carbons (Fsp3) is 0.500. The van der Waals surface area contributed by atoms with Crippen LogP contribution in [0.1, 0.15) is 37.0 Å². The van der Waals surface area contributed by atoms with Gasteiger partial charge in [-0.15, -0.1) is 0 Å².